The van der Waals surface area contributed by atoms with Crippen molar-refractivity contribution in [3.05, 3.63) is 6.20 Å². The van der Waals surface area contributed by atoms with E-state index in [4.69, 9.17) is 5.73 Å². The number of anilines is 1. The highest BCUT2D eigenvalue weighted by Gasteiger charge is 2.51. The molecule has 21 heavy (non-hydrogen) atoms. The lowest BCUT2D eigenvalue weighted by Crippen LogP contribution is -2.51. The molecule has 0 radical (unpaired) electrons. The van der Waals surface area contributed by atoms with Gasteiger partial charge in [0.2, 0.25) is 10.0 Å². The summed E-state index contributed by atoms with van der Waals surface area (Å²) in [7, 11) is -3.56. The fraction of sp³-hybridized carbons (Fsp3) is 0.786. The average Bonchev–Trinajstić information content (AvgIpc) is 2.82. The third-order valence-corrected chi connectivity index (χ3v) is 7.15. The van der Waals surface area contributed by atoms with Crippen LogP contribution < -0.4 is 10.5 Å². The maximum Gasteiger partial charge on any atom is 0.245 e. The van der Waals surface area contributed by atoms with Crippen molar-refractivity contribution >= 4 is 15.8 Å². The molecular weight excluding hydrogens is 288 g/mol. The minimum absolute atomic E-state index is 0.0622. The summed E-state index contributed by atoms with van der Waals surface area (Å²) in [4.78, 5) is 0.0622. The maximum absolute atomic E-state index is 12.4. The van der Waals surface area contributed by atoms with Crippen LogP contribution in [0.25, 0.3) is 0 Å². The first-order chi connectivity index (χ1) is 9.96. The molecule has 116 valence electrons. The molecule has 4 fully saturated rings. The van der Waals surface area contributed by atoms with E-state index in [1.807, 2.05) is 0 Å². The van der Waals surface area contributed by atoms with Crippen LogP contribution in [0.15, 0.2) is 11.1 Å². The van der Waals surface area contributed by atoms with Gasteiger partial charge in [-0.05, 0) is 61.7 Å². The standard InChI is InChI=1S/C14H22N4O2S/c15-13-12(7-16-18-13)21(19,20)17-8-14-4-9-1-10(5-14)3-11(2-9)6-14/h7,9-11,17H,1-6,8H2,(H3,15,16,18). The third kappa shape index (κ3) is 2.26. The van der Waals surface area contributed by atoms with Crippen molar-refractivity contribution in [1.82, 2.24) is 14.9 Å². The Hall–Kier alpha value is -1.08. The van der Waals surface area contributed by atoms with Crippen molar-refractivity contribution in [3.63, 3.8) is 0 Å². The lowest BCUT2D eigenvalue weighted by Gasteiger charge is -2.56. The van der Waals surface area contributed by atoms with Gasteiger partial charge in [0.25, 0.3) is 0 Å². The molecule has 5 rings (SSSR count). The molecule has 0 aliphatic heterocycles. The number of rotatable bonds is 4. The molecule has 7 heteroatoms. The van der Waals surface area contributed by atoms with E-state index in [0.717, 1.165) is 17.8 Å². The highest BCUT2D eigenvalue weighted by molar-refractivity contribution is 7.89. The van der Waals surface area contributed by atoms with Gasteiger partial charge in [-0.1, -0.05) is 0 Å². The second-order valence-corrected chi connectivity index (χ2v) is 9.13. The van der Waals surface area contributed by atoms with Gasteiger partial charge in [0.05, 0.1) is 6.20 Å². The average molecular weight is 310 g/mol. The van der Waals surface area contributed by atoms with Crippen LogP contribution >= 0.6 is 0 Å². The SMILES string of the molecule is Nc1[nH]ncc1S(=O)(=O)NCC12CC3CC(CC(C3)C1)C2. The van der Waals surface area contributed by atoms with Crippen molar-refractivity contribution in [1.29, 1.82) is 0 Å². The molecule has 6 nitrogen and oxygen atoms in total. The molecule has 4 aliphatic carbocycles. The lowest BCUT2D eigenvalue weighted by atomic mass is 9.50. The zero-order valence-electron chi connectivity index (χ0n) is 12.0. The monoisotopic (exact) mass is 310 g/mol. The molecule has 0 atom stereocenters. The van der Waals surface area contributed by atoms with E-state index in [0.29, 0.717) is 6.54 Å². The first kappa shape index (κ1) is 13.6. The van der Waals surface area contributed by atoms with E-state index < -0.39 is 10.0 Å². The molecule has 1 aromatic heterocycles. The Bertz CT molecular complexity index is 616. The van der Waals surface area contributed by atoms with Crippen molar-refractivity contribution < 1.29 is 8.42 Å². The minimum Gasteiger partial charge on any atom is -0.383 e. The van der Waals surface area contributed by atoms with Gasteiger partial charge in [-0.2, -0.15) is 5.10 Å². The van der Waals surface area contributed by atoms with Gasteiger partial charge in [-0.3, -0.25) is 5.10 Å². The Kier molecular flexibility index (Phi) is 2.88. The summed E-state index contributed by atoms with van der Waals surface area (Å²) in [6, 6.07) is 0. The Morgan fingerprint density at radius 3 is 2.29 bits per heavy atom. The Balaban J connectivity index is 1.51. The number of H-pyrrole nitrogens is 1. The van der Waals surface area contributed by atoms with Gasteiger partial charge in [-0.25, -0.2) is 13.1 Å². The molecule has 0 amide bonds. The van der Waals surface area contributed by atoms with Gasteiger partial charge < -0.3 is 5.73 Å². The van der Waals surface area contributed by atoms with Crippen LogP contribution in [0.3, 0.4) is 0 Å². The van der Waals surface area contributed by atoms with Gasteiger partial charge in [-0.15, -0.1) is 0 Å². The molecular formula is C14H22N4O2S. The van der Waals surface area contributed by atoms with Crippen LogP contribution in [0.2, 0.25) is 0 Å². The van der Waals surface area contributed by atoms with Crippen LogP contribution in [0.1, 0.15) is 38.5 Å². The minimum atomic E-state index is -3.56. The quantitative estimate of drug-likeness (QED) is 0.784. The van der Waals surface area contributed by atoms with Gasteiger partial charge in [0.15, 0.2) is 0 Å². The first-order valence-electron chi connectivity index (χ1n) is 7.74. The zero-order chi connectivity index (χ0) is 14.7. The van der Waals surface area contributed by atoms with Crippen LogP contribution in [0, 0.1) is 23.2 Å². The molecule has 4 bridgehead atoms. The first-order valence-corrected chi connectivity index (χ1v) is 9.23. The number of hydrogen-bond acceptors (Lipinski definition) is 4. The van der Waals surface area contributed by atoms with Crippen molar-refractivity contribution in [2.24, 2.45) is 23.2 Å². The second-order valence-electron chi connectivity index (χ2n) is 7.39. The smallest absolute Gasteiger partial charge is 0.245 e. The molecule has 4 aliphatic rings. The summed E-state index contributed by atoms with van der Waals surface area (Å²) >= 11 is 0. The predicted molar refractivity (Wildman–Crippen MR) is 78.8 cm³/mol. The van der Waals surface area contributed by atoms with E-state index >= 15 is 0 Å². The molecule has 0 aromatic carbocycles. The molecule has 0 spiro atoms. The van der Waals surface area contributed by atoms with Crippen LogP contribution in [0.5, 0.6) is 0 Å². The van der Waals surface area contributed by atoms with Crippen LogP contribution in [0.4, 0.5) is 5.82 Å². The van der Waals surface area contributed by atoms with E-state index in [-0.39, 0.29) is 16.1 Å². The van der Waals surface area contributed by atoms with E-state index in [1.165, 1.54) is 44.7 Å². The highest BCUT2D eigenvalue weighted by Crippen LogP contribution is 2.59. The van der Waals surface area contributed by atoms with Gasteiger partial charge in [0, 0.05) is 6.54 Å². The topological polar surface area (TPSA) is 101 Å². The molecule has 4 N–H and O–H groups in total. The van der Waals surface area contributed by atoms with Crippen molar-refractivity contribution in [3.8, 4) is 0 Å². The normalized spacial score (nSPS) is 38.0. The fourth-order valence-corrected chi connectivity index (χ4v) is 6.51. The molecule has 4 saturated carbocycles. The van der Waals surface area contributed by atoms with E-state index in [9.17, 15) is 8.42 Å². The number of aromatic amines is 1. The van der Waals surface area contributed by atoms with E-state index in [1.54, 1.807) is 0 Å². The number of nitrogens with one attached hydrogen (secondary N) is 2. The number of hydrogen-bond donors (Lipinski definition) is 3. The number of nitrogens with two attached hydrogens (primary N) is 1. The maximum atomic E-state index is 12.4. The largest absolute Gasteiger partial charge is 0.383 e. The van der Waals surface area contributed by atoms with E-state index in [2.05, 4.69) is 14.9 Å². The second kappa shape index (κ2) is 4.46. The summed E-state index contributed by atoms with van der Waals surface area (Å²) in [6.45, 7) is 0.545. The van der Waals surface area contributed by atoms with Crippen LogP contribution in [-0.4, -0.2) is 25.2 Å². The molecule has 1 aromatic rings. The number of nitrogens with zero attached hydrogens (tertiary/aromatic N) is 1. The van der Waals surface area contributed by atoms with Crippen molar-refractivity contribution in [2.75, 3.05) is 12.3 Å². The molecule has 0 saturated heterocycles. The number of sulfonamides is 1. The summed E-state index contributed by atoms with van der Waals surface area (Å²) in [6.07, 6.45) is 8.91. The summed E-state index contributed by atoms with van der Waals surface area (Å²) < 4.78 is 27.5. The Labute approximate surface area is 124 Å². The fourth-order valence-electron chi connectivity index (χ4n) is 5.33. The summed E-state index contributed by atoms with van der Waals surface area (Å²) in [5.41, 5.74) is 5.81. The Morgan fingerprint density at radius 2 is 1.81 bits per heavy atom. The van der Waals surface area contributed by atoms with Gasteiger partial charge in [0.1, 0.15) is 10.7 Å². The zero-order valence-corrected chi connectivity index (χ0v) is 12.8. The number of nitrogen functional groups attached to an aromatic ring is 1. The summed E-state index contributed by atoms with van der Waals surface area (Å²) in [5.74, 6) is 2.56. The lowest BCUT2D eigenvalue weighted by molar-refractivity contribution is -0.0487. The summed E-state index contributed by atoms with van der Waals surface area (Å²) in [5, 5.41) is 6.17. The highest BCUT2D eigenvalue weighted by atomic mass is 32.2. The van der Waals surface area contributed by atoms with Crippen LogP contribution in [-0.2, 0) is 10.0 Å². The Morgan fingerprint density at radius 1 is 1.24 bits per heavy atom. The number of aromatic nitrogens is 2. The molecule has 0 unspecified atom stereocenters. The van der Waals surface area contributed by atoms with Crippen molar-refractivity contribution in [2.45, 2.75) is 43.4 Å². The predicted octanol–water partition coefficient (Wildman–Crippen LogP) is 1.49. The molecule has 1 heterocycles. The van der Waals surface area contributed by atoms with Gasteiger partial charge >= 0.3 is 0 Å². The third-order valence-electron chi connectivity index (χ3n) is 5.72.